The van der Waals surface area contributed by atoms with Gasteiger partial charge in [0.1, 0.15) is 0 Å². The molecule has 0 saturated carbocycles. The van der Waals surface area contributed by atoms with Gasteiger partial charge in [-0.25, -0.2) is 0 Å². The summed E-state index contributed by atoms with van der Waals surface area (Å²) in [7, 11) is 4.96. The van der Waals surface area contributed by atoms with E-state index >= 15 is 0 Å². The Morgan fingerprint density at radius 1 is 0.889 bits per heavy atom. The molecule has 0 unspecified atom stereocenters. The van der Waals surface area contributed by atoms with Crippen LogP contribution in [-0.4, -0.2) is 26.9 Å². The van der Waals surface area contributed by atoms with Crippen molar-refractivity contribution in [2.24, 2.45) is 0 Å². The lowest BCUT2D eigenvalue weighted by molar-refractivity contribution is 0.0397. The first-order valence-electron chi connectivity index (χ1n) is 2.93. The third-order valence-corrected chi connectivity index (χ3v) is 0.612. The molecule has 0 amide bonds. The van der Waals surface area contributed by atoms with Crippen molar-refractivity contribution in [1.29, 1.82) is 0 Å². The molecule has 0 aliphatic carbocycles. The van der Waals surface area contributed by atoms with Gasteiger partial charge >= 0.3 is 0 Å². The van der Waals surface area contributed by atoms with E-state index in [1.54, 1.807) is 21.3 Å². The Labute approximate surface area is 58.2 Å². The summed E-state index contributed by atoms with van der Waals surface area (Å²) in [5.41, 5.74) is 0.0417. The highest BCUT2D eigenvalue weighted by Gasteiger charge is 2.03. The third kappa shape index (κ3) is 32.6. The van der Waals surface area contributed by atoms with Crippen molar-refractivity contribution in [3.63, 3.8) is 0 Å². The number of hydrogen-bond acceptors (Lipinski definition) is 2. The maximum atomic E-state index is 4.94. The zero-order valence-corrected chi connectivity index (χ0v) is 7.32. The first kappa shape index (κ1) is 11.7. The number of ether oxygens (including phenoxy) is 2. The molecule has 0 N–H and O–H groups in total. The molecule has 0 saturated heterocycles. The average molecular weight is 134 g/mol. The minimum atomic E-state index is 0.0417. The van der Waals surface area contributed by atoms with Gasteiger partial charge in [-0.15, -0.1) is 0 Å². The van der Waals surface area contributed by atoms with Crippen LogP contribution in [-0.2, 0) is 9.47 Å². The molecule has 2 nitrogen and oxygen atoms in total. The lowest BCUT2D eigenvalue weighted by Gasteiger charge is -2.14. The highest BCUT2D eigenvalue weighted by molar-refractivity contribution is 4.55. The van der Waals surface area contributed by atoms with E-state index in [2.05, 4.69) is 4.74 Å². The number of methoxy groups -OCH3 is 2. The van der Waals surface area contributed by atoms with E-state index in [9.17, 15) is 0 Å². The lowest BCUT2D eigenvalue weighted by Crippen LogP contribution is -2.15. The fourth-order valence-electron chi connectivity index (χ4n) is 0. The van der Waals surface area contributed by atoms with E-state index in [0.29, 0.717) is 0 Å². The quantitative estimate of drug-likeness (QED) is 0.502. The molecule has 0 aromatic heterocycles. The van der Waals surface area contributed by atoms with Gasteiger partial charge in [0, 0.05) is 21.3 Å². The second-order valence-corrected chi connectivity index (χ2v) is 2.72. The number of rotatable bonds is 0. The zero-order valence-electron chi connectivity index (χ0n) is 7.32. The molecule has 0 heterocycles. The van der Waals surface area contributed by atoms with Crippen LogP contribution >= 0.6 is 0 Å². The van der Waals surface area contributed by atoms with Crippen LogP contribution in [0.15, 0.2) is 0 Å². The van der Waals surface area contributed by atoms with Crippen molar-refractivity contribution in [3.8, 4) is 0 Å². The molecule has 58 valence electrons. The molecule has 0 atom stereocenters. The third-order valence-electron chi connectivity index (χ3n) is 0.612. The maximum Gasteiger partial charge on any atom is 0.0594 e. The van der Waals surface area contributed by atoms with E-state index in [1.807, 2.05) is 20.8 Å². The monoisotopic (exact) mass is 134 g/mol. The van der Waals surface area contributed by atoms with Gasteiger partial charge in [-0.1, -0.05) is 0 Å². The molecule has 0 rings (SSSR count). The summed E-state index contributed by atoms with van der Waals surface area (Å²) in [6, 6.07) is 0. The van der Waals surface area contributed by atoms with E-state index in [-0.39, 0.29) is 5.60 Å². The lowest BCUT2D eigenvalue weighted by atomic mass is 10.2. The molecule has 0 aromatic rings. The first-order valence-corrected chi connectivity index (χ1v) is 2.93. The van der Waals surface area contributed by atoms with Gasteiger partial charge in [-0.2, -0.15) is 0 Å². The first-order chi connectivity index (χ1) is 3.97. The standard InChI is InChI=1S/C5H12O.C2H6O/c1-5(2,3)6-4;1-3-2/h1-4H3;1-2H3. The molecule has 0 aliphatic rings. The van der Waals surface area contributed by atoms with Crippen molar-refractivity contribution in [2.45, 2.75) is 26.4 Å². The van der Waals surface area contributed by atoms with Crippen LogP contribution in [0.3, 0.4) is 0 Å². The van der Waals surface area contributed by atoms with Crippen LogP contribution in [0, 0.1) is 0 Å². The van der Waals surface area contributed by atoms with Crippen LogP contribution < -0.4 is 0 Å². The molecule has 0 bridgehead atoms. The highest BCUT2D eigenvalue weighted by Crippen LogP contribution is 2.02. The van der Waals surface area contributed by atoms with Crippen molar-refractivity contribution in [1.82, 2.24) is 0 Å². The van der Waals surface area contributed by atoms with Gasteiger partial charge in [0.25, 0.3) is 0 Å². The van der Waals surface area contributed by atoms with Crippen LogP contribution in [0.1, 0.15) is 20.8 Å². The van der Waals surface area contributed by atoms with Gasteiger partial charge < -0.3 is 9.47 Å². The second kappa shape index (κ2) is 6.05. The predicted molar refractivity (Wildman–Crippen MR) is 39.7 cm³/mol. The van der Waals surface area contributed by atoms with Crippen molar-refractivity contribution in [2.75, 3.05) is 21.3 Å². The number of hydrogen-bond donors (Lipinski definition) is 0. The summed E-state index contributed by atoms with van der Waals surface area (Å²) in [6.45, 7) is 6.06. The molecule has 0 aromatic carbocycles. The molecular formula is C7H18O2. The van der Waals surface area contributed by atoms with Crippen LogP contribution in [0.25, 0.3) is 0 Å². The smallest absolute Gasteiger partial charge is 0.0594 e. The normalized spacial score (nSPS) is 10.0. The van der Waals surface area contributed by atoms with Crippen molar-refractivity contribution >= 4 is 0 Å². The topological polar surface area (TPSA) is 18.5 Å². The molecule has 0 spiro atoms. The Morgan fingerprint density at radius 2 is 1.00 bits per heavy atom. The summed E-state index contributed by atoms with van der Waals surface area (Å²) in [6.07, 6.45) is 0. The molecule has 9 heavy (non-hydrogen) atoms. The average Bonchev–Trinajstić information content (AvgIpc) is 1.67. The van der Waals surface area contributed by atoms with Gasteiger partial charge in [0.15, 0.2) is 0 Å². The predicted octanol–water partition coefficient (Wildman–Crippen LogP) is 1.69. The minimum absolute atomic E-state index is 0.0417. The Kier molecular flexibility index (Phi) is 7.85. The molecule has 2 heteroatoms. The van der Waals surface area contributed by atoms with Gasteiger partial charge in [0.05, 0.1) is 5.60 Å². The maximum absolute atomic E-state index is 4.94. The zero-order chi connectivity index (χ0) is 7.91. The van der Waals surface area contributed by atoms with Crippen LogP contribution in [0.2, 0.25) is 0 Å². The van der Waals surface area contributed by atoms with Crippen molar-refractivity contribution < 1.29 is 9.47 Å². The fourth-order valence-corrected chi connectivity index (χ4v) is 0. The van der Waals surface area contributed by atoms with E-state index in [1.165, 1.54) is 0 Å². The Morgan fingerprint density at radius 3 is 1.00 bits per heavy atom. The van der Waals surface area contributed by atoms with E-state index in [4.69, 9.17) is 4.74 Å². The summed E-state index contributed by atoms with van der Waals surface area (Å²) in [5.74, 6) is 0. The second-order valence-electron chi connectivity index (χ2n) is 2.72. The molecular weight excluding hydrogens is 116 g/mol. The summed E-state index contributed by atoms with van der Waals surface area (Å²) < 4.78 is 9.19. The van der Waals surface area contributed by atoms with Crippen LogP contribution in [0.5, 0.6) is 0 Å². The van der Waals surface area contributed by atoms with Gasteiger partial charge in [-0.3, -0.25) is 0 Å². The molecule has 0 fully saturated rings. The van der Waals surface area contributed by atoms with E-state index in [0.717, 1.165) is 0 Å². The highest BCUT2D eigenvalue weighted by atomic mass is 16.5. The Bertz CT molecular complexity index is 45.4. The Balaban J connectivity index is 0. The molecule has 0 aliphatic heterocycles. The van der Waals surface area contributed by atoms with Gasteiger partial charge in [0.2, 0.25) is 0 Å². The van der Waals surface area contributed by atoms with Gasteiger partial charge in [-0.05, 0) is 20.8 Å². The molecule has 0 radical (unpaired) electrons. The summed E-state index contributed by atoms with van der Waals surface area (Å²) in [4.78, 5) is 0. The minimum Gasteiger partial charge on any atom is -0.388 e. The summed E-state index contributed by atoms with van der Waals surface area (Å²) >= 11 is 0. The van der Waals surface area contributed by atoms with Crippen molar-refractivity contribution in [3.05, 3.63) is 0 Å². The fraction of sp³-hybridized carbons (Fsp3) is 1.00. The summed E-state index contributed by atoms with van der Waals surface area (Å²) in [5, 5.41) is 0. The largest absolute Gasteiger partial charge is 0.388 e. The Hall–Kier alpha value is -0.0800. The van der Waals surface area contributed by atoms with Crippen LogP contribution in [0.4, 0.5) is 0 Å². The van der Waals surface area contributed by atoms with E-state index < -0.39 is 0 Å². The SMILES string of the molecule is COC.COC(C)(C)C.